The molecule has 0 saturated carbocycles. The number of nitrogens with zero attached hydrogens (tertiary/aromatic N) is 1. The van der Waals surface area contributed by atoms with E-state index in [1.807, 2.05) is 12.1 Å². The van der Waals surface area contributed by atoms with Crippen molar-refractivity contribution in [1.82, 2.24) is 4.57 Å². The third kappa shape index (κ3) is 5.61. The number of fused-ring (bicyclic) bond motifs is 4. The second-order valence-corrected chi connectivity index (χ2v) is 8.11. The number of aromatic nitrogens is 1. The van der Waals surface area contributed by atoms with Crippen LogP contribution in [-0.2, 0) is 36.1 Å². The molecule has 0 N–H and O–H groups in total. The van der Waals surface area contributed by atoms with E-state index in [4.69, 9.17) is 0 Å². The molecule has 0 spiro atoms. The quantitative estimate of drug-likeness (QED) is 0.263. The molecule has 0 radical (unpaired) electrons. The van der Waals surface area contributed by atoms with Crippen LogP contribution in [0.15, 0.2) is 63.0 Å². The molecule has 0 aliphatic heterocycles. The van der Waals surface area contributed by atoms with Gasteiger partial charge in [-0.25, -0.2) is 0 Å². The summed E-state index contributed by atoms with van der Waals surface area (Å²) in [5.41, 5.74) is 6.62. The van der Waals surface area contributed by atoms with E-state index in [0.29, 0.717) is 0 Å². The average molecular weight is 649 g/mol. The van der Waals surface area contributed by atoms with Crippen molar-refractivity contribution >= 4 is 68.6 Å². The second kappa shape index (κ2) is 12.1. The van der Waals surface area contributed by atoms with Crippen LogP contribution in [0.3, 0.4) is 0 Å². The zero-order valence-electron chi connectivity index (χ0n) is 15.8. The molecule has 0 saturated heterocycles. The molecule has 29 heavy (non-hydrogen) atoms. The Kier molecular flexibility index (Phi) is 11.3. The van der Waals surface area contributed by atoms with Gasteiger partial charge in [0.05, 0.1) is 0 Å². The molecular formula is C22H17Br2Cl2NSZr-2. The van der Waals surface area contributed by atoms with Crippen LogP contribution in [0.4, 0.5) is 0 Å². The van der Waals surface area contributed by atoms with E-state index < -0.39 is 0 Å². The van der Waals surface area contributed by atoms with Crippen LogP contribution in [0.2, 0.25) is 0 Å². The number of para-hydroxylation sites is 1. The standard InChI is InChI=1S/C12H9BrN.C10H8Br.2ClH.S.Zr/c1-14-11-7-3-4-8(11)9-5-2-6-10(13)12(9)14;1-7-5-8-3-2-4-10(11)9(8)6-7;;;;/h2-7H,1H3;2,4-5H,6H2,1H3;2*1H;;/q2*-1;;;;+2/p-2. The van der Waals surface area contributed by atoms with Crippen LogP contribution >= 0.6 is 40.7 Å². The number of aryl methyl sites for hydroxylation is 1. The van der Waals surface area contributed by atoms with Gasteiger partial charge in [0.2, 0.25) is 0 Å². The van der Waals surface area contributed by atoms with E-state index in [1.54, 1.807) is 0 Å². The molecule has 1 aromatic heterocycles. The molecule has 0 bridgehead atoms. The number of allylic oxidation sites excluding steroid dienone is 1. The number of hydrogen-bond acceptors (Lipinski definition) is 1. The number of halogens is 4. The molecule has 1 aliphatic rings. The van der Waals surface area contributed by atoms with Crippen LogP contribution in [0.5, 0.6) is 0 Å². The number of benzene rings is 2. The maximum atomic E-state index is 4.17. The van der Waals surface area contributed by atoms with Crippen LogP contribution in [-0.4, -0.2) is 4.57 Å². The molecule has 0 unspecified atom stereocenters. The van der Waals surface area contributed by atoms with Gasteiger partial charge in [0, 0.05) is 17.0 Å². The van der Waals surface area contributed by atoms with Crippen molar-refractivity contribution in [3.8, 4) is 0 Å². The van der Waals surface area contributed by atoms with E-state index in [0.717, 1.165) is 33.6 Å². The van der Waals surface area contributed by atoms with E-state index >= 15 is 0 Å². The Morgan fingerprint density at radius 1 is 1.10 bits per heavy atom. The Balaban J connectivity index is 0.000000257. The van der Waals surface area contributed by atoms with Crippen molar-refractivity contribution in [3.63, 3.8) is 0 Å². The molecule has 1 heterocycles. The van der Waals surface area contributed by atoms with Gasteiger partial charge in [-0.15, -0.1) is 52.4 Å². The molecule has 5 rings (SSSR count). The van der Waals surface area contributed by atoms with Gasteiger partial charge in [-0.2, -0.15) is 12.1 Å². The zero-order valence-corrected chi connectivity index (χ0v) is 23.7. The van der Waals surface area contributed by atoms with Crippen molar-refractivity contribution in [1.29, 1.82) is 0 Å². The molecular weight excluding hydrogens is 632 g/mol. The number of hydrogen-bond donors (Lipinski definition) is 0. The summed E-state index contributed by atoms with van der Waals surface area (Å²) in [5.74, 6) is 0. The first kappa shape index (κ1) is 27.0. The summed E-state index contributed by atoms with van der Waals surface area (Å²) in [6.45, 7) is 2.15. The van der Waals surface area contributed by atoms with E-state index in [-0.39, 0.29) is 24.8 Å². The topological polar surface area (TPSA) is 4.93 Å². The van der Waals surface area contributed by atoms with E-state index in [1.165, 1.54) is 43.0 Å². The van der Waals surface area contributed by atoms with Crippen molar-refractivity contribution in [2.75, 3.05) is 0 Å². The van der Waals surface area contributed by atoms with Gasteiger partial charge in [-0.1, -0.05) is 50.4 Å². The first-order chi connectivity index (χ1) is 13.1. The van der Waals surface area contributed by atoms with Gasteiger partial charge in [0.25, 0.3) is 0 Å². The summed E-state index contributed by atoms with van der Waals surface area (Å²) in [7, 11) is 6.28. The normalized spacial score (nSPS) is 11.3. The number of rotatable bonds is 0. The minimum atomic E-state index is 0. The van der Waals surface area contributed by atoms with Gasteiger partial charge in [-0.05, 0) is 28.4 Å². The Hall–Kier alpha value is -0.0269. The molecule has 3 aromatic carbocycles. The predicted octanol–water partition coefficient (Wildman–Crippen LogP) is 1.68. The molecule has 1 nitrogen and oxygen atoms in total. The minimum absolute atomic E-state index is 0. The van der Waals surface area contributed by atoms with Crippen molar-refractivity contribution in [2.45, 2.75) is 13.3 Å². The van der Waals surface area contributed by atoms with Crippen molar-refractivity contribution in [3.05, 3.63) is 80.2 Å². The predicted molar refractivity (Wildman–Crippen MR) is 122 cm³/mol. The Labute approximate surface area is 219 Å². The first-order valence-electron chi connectivity index (χ1n) is 8.41. The third-order valence-corrected chi connectivity index (χ3v) is 6.08. The monoisotopic (exact) mass is 645 g/mol. The molecule has 7 heteroatoms. The zero-order chi connectivity index (χ0) is 19.6. The summed E-state index contributed by atoms with van der Waals surface area (Å²) in [6.07, 6.45) is 3.27. The molecule has 0 fully saturated rings. The Morgan fingerprint density at radius 3 is 2.52 bits per heavy atom. The Bertz CT molecular complexity index is 1150. The van der Waals surface area contributed by atoms with Crippen LogP contribution < -0.4 is 24.8 Å². The Morgan fingerprint density at radius 2 is 1.83 bits per heavy atom. The van der Waals surface area contributed by atoms with Crippen molar-refractivity contribution in [2.24, 2.45) is 7.05 Å². The first-order valence-corrected chi connectivity index (χ1v) is 13.4. The van der Waals surface area contributed by atoms with Crippen LogP contribution in [0, 0.1) is 6.07 Å². The van der Waals surface area contributed by atoms with Crippen LogP contribution in [0.1, 0.15) is 18.1 Å². The van der Waals surface area contributed by atoms with Gasteiger partial charge in [0.15, 0.2) is 0 Å². The summed E-state index contributed by atoms with van der Waals surface area (Å²) >= 11 is 8.24. The summed E-state index contributed by atoms with van der Waals surface area (Å²) in [6, 6.07) is 20.0. The van der Waals surface area contributed by atoms with Gasteiger partial charge in [0.1, 0.15) is 0 Å². The fourth-order valence-electron chi connectivity index (χ4n) is 3.53. The maximum absolute atomic E-state index is 4.17. The summed E-state index contributed by atoms with van der Waals surface area (Å²) < 4.78 is 4.60. The second-order valence-electron chi connectivity index (χ2n) is 6.41. The molecule has 1 aliphatic carbocycles. The molecule has 150 valence electrons. The fraction of sp³-hybridized carbons (Fsp3) is 0.136. The van der Waals surface area contributed by atoms with E-state index in [9.17, 15) is 0 Å². The molecule has 0 amide bonds. The third-order valence-electron chi connectivity index (χ3n) is 4.69. The fourth-order valence-corrected chi connectivity index (χ4v) is 4.65. The average Bonchev–Trinajstić information content (AvgIpc) is 3.35. The van der Waals surface area contributed by atoms with Gasteiger partial charge in [-0.3, -0.25) is 0 Å². The van der Waals surface area contributed by atoms with Crippen molar-refractivity contribution < 1.29 is 47.5 Å². The molecule has 4 aromatic rings. The van der Waals surface area contributed by atoms with E-state index in [2.05, 4.69) is 108 Å². The SMILES string of the molecule is CC1=Cc2[c-]ccc(Br)c2C1.Cn1c2cc[cH-]c2c2cccc(Br)c21.[Cl-].[Cl-].[S]=[Zr+2]. The molecule has 0 atom stereocenters. The van der Waals surface area contributed by atoms with Gasteiger partial charge >= 0.3 is 31.5 Å². The summed E-state index contributed by atoms with van der Waals surface area (Å²) in [4.78, 5) is 0. The van der Waals surface area contributed by atoms with Crippen LogP contribution in [0.25, 0.3) is 27.9 Å². The summed E-state index contributed by atoms with van der Waals surface area (Å²) in [5, 5.41) is 2.66. The van der Waals surface area contributed by atoms with Gasteiger partial charge < -0.3 is 29.4 Å².